The Balaban J connectivity index is 0.000000158. The van der Waals surface area contributed by atoms with E-state index in [1.807, 2.05) is 93.8 Å². The molecule has 14 nitrogen and oxygen atoms in total. The van der Waals surface area contributed by atoms with Gasteiger partial charge in [0.2, 0.25) is 17.6 Å². The Morgan fingerprint density at radius 1 is 0.781 bits per heavy atom. The number of piperidine rings is 2. The van der Waals surface area contributed by atoms with Crippen molar-refractivity contribution in [1.29, 1.82) is 0 Å². The van der Waals surface area contributed by atoms with Crippen molar-refractivity contribution >= 4 is 58.2 Å². The number of ether oxygens (including phenoxy) is 2. The van der Waals surface area contributed by atoms with Gasteiger partial charge in [0.25, 0.3) is 5.89 Å². The van der Waals surface area contributed by atoms with Crippen LogP contribution in [0.5, 0.6) is 11.5 Å². The predicted molar refractivity (Wildman–Crippen MR) is 246 cm³/mol. The van der Waals surface area contributed by atoms with Crippen LogP contribution in [-0.2, 0) is 9.59 Å². The fourth-order valence-corrected chi connectivity index (χ4v) is 9.32. The number of aryl methyl sites for hydroxylation is 2. The van der Waals surface area contributed by atoms with E-state index >= 15 is 0 Å². The molecule has 4 bridgehead atoms. The molecule has 2 saturated carbocycles. The fourth-order valence-electron chi connectivity index (χ4n) is 8.87. The van der Waals surface area contributed by atoms with Gasteiger partial charge in [-0.3, -0.25) is 9.59 Å². The highest BCUT2D eigenvalue weighted by Gasteiger charge is 2.46. The van der Waals surface area contributed by atoms with E-state index in [0.717, 1.165) is 72.2 Å². The maximum Gasteiger partial charge on any atom is 0.335 e. The lowest BCUT2D eigenvalue weighted by molar-refractivity contribution is -0.121. The highest BCUT2D eigenvalue weighted by Crippen LogP contribution is 2.43. The third kappa shape index (κ3) is 9.83. The number of amides is 2. The Kier molecular flexibility index (Phi) is 13.9. The topological polar surface area (TPSA) is 194 Å². The van der Waals surface area contributed by atoms with Gasteiger partial charge < -0.3 is 39.8 Å². The number of carboxylic acid groups (broad SMARTS) is 1. The van der Waals surface area contributed by atoms with Gasteiger partial charge in [-0.25, -0.2) is 4.79 Å². The number of aromatic nitrogens is 2. The second-order valence-electron chi connectivity index (χ2n) is 17.1. The number of carbonyl (C=O) groups is 3. The molecule has 2 saturated heterocycles. The zero-order valence-corrected chi connectivity index (χ0v) is 38.1. The molecule has 1 aromatic heterocycles. The summed E-state index contributed by atoms with van der Waals surface area (Å²) < 4.78 is 16.5. The summed E-state index contributed by atoms with van der Waals surface area (Å²) in [5.41, 5.74) is 11.8. The van der Waals surface area contributed by atoms with Gasteiger partial charge in [-0.2, -0.15) is 4.98 Å². The molecule has 2 aliphatic heterocycles. The Hall–Kier alpha value is -6.12. The SMILES string of the molecule is CC(C)Oc1ccc(C(=O)O)cc1Cl.Cc1cc(N2C(=O)[C@@H]3CC[C@H]2C3)ccc1-c1noc(-c2ccc(OC(C)C)c(Cl)c2)n1.Cc1cc(N2C(=O)[C@@H]3CC[C@H]2C3)ccc1/C(N)=N/O. The molecule has 16 heteroatoms. The van der Waals surface area contributed by atoms with E-state index in [-0.39, 0.29) is 47.3 Å². The Labute approximate surface area is 381 Å². The molecule has 3 heterocycles. The molecule has 4 aromatic carbocycles. The number of carbonyl (C=O) groups excluding carboxylic acids is 2. The molecular formula is C48H52Cl2N6O8. The first-order chi connectivity index (χ1) is 30.5. The van der Waals surface area contributed by atoms with Crippen LogP contribution in [0.4, 0.5) is 11.4 Å². The van der Waals surface area contributed by atoms with Crippen molar-refractivity contribution in [2.75, 3.05) is 9.80 Å². The molecule has 0 radical (unpaired) electrons. The molecule has 64 heavy (non-hydrogen) atoms. The number of fused-ring (bicyclic) bond motifs is 4. The molecule has 336 valence electrons. The van der Waals surface area contributed by atoms with Crippen LogP contribution in [0, 0.1) is 25.7 Å². The minimum atomic E-state index is -0.997. The highest BCUT2D eigenvalue weighted by atomic mass is 35.5. The average Bonchev–Trinajstić information content (AvgIpc) is 4.11. The monoisotopic (exact) mass is 910 g/mol. The summed E-state index contributed by atoms with van der Waals surface area (Å²) >= 11 is 12.2. The van der Waals surface area contributed by atoms with Crippen molar-refractivity contribution in [3.05, 3.63) is 105 Å². The van der Waals surface area contributed by atoms with Crippen molar-refractivity contribution in [3.63, 3.8) is 0 Å². The van der Waals surface area contributed by atoms with Crippen LogP contribution in [0.2, 0.25) is 10.0 Å². The number of anilines is 2. The molecule has 0 unspecified atom stereocenters. The van der Waals surface area contributed by atoms with Crippen molar-refractivity contribution in [3.8, 4) is 34.3 Å². The summed E-state index contributed by atoms with van der Waals surface area (Å²) in [6.07, 6.45) is 6.26. The van der Waals surface area contributed by atoms with Crippen molar-refractivity contribution in [1.82, 2.24) is 10.1 Å². The second-order valence-corrected chi connectivity index (χ2v) is 17.9. The Morgan fingerprint density at radius 2 is 1.33 bits per heavy atom. The smallest absolute Gasteiger partial charge is 0.335 e. The summed E-state index contributed by atoms with van der Waals surface area (Å²) in [7, 11) is 0. The number of aromatic carboxylic acids is 1. The van der Waals surface area contributed by atoms with Gasteiger partial charge in [0, 0.05) is 52.0 Å². The lowest BCUT2D eigenvalue weighted by Gasteiger charge is -2.27. The van der Waals surface area contributed by atoms with Crippen LogP contribution in [0.25, 0.3) is 22.8 Å². The number of carboxylic acids is 1. The molecule has 4 aliphatic rings. The molecule has 4 atom stereocenters. The van der Waals surface area contributed by atoms with Gasteiger partial charge in [0.05, 0.1) is 27.8 Å². The highest BCUT2D eigenvalue weighted by molar-refractivity contribution is 6.32. The second kappa shape index (κ2) is 19.3. The fraction of sp³-hybridized carbons (Fsp3) is 0.375. The summed E-state index contributed by atoms with van der Waals surface area (Å²) in [4.78, 5) is 43.8. The molecule has 2 aliphatic carbocycles. The van der Waals surface area contributed by atoms with E-state index in [1.54, 1.807) is 18.2 Å². The molecule has 4 N–H and O–H groups in total. The zero-order valence-electron chi connectivity index (χ0n) is 36.5. The number of nitrogens with zero attached hydrogens (tertiary/aromatic N) is 5. The molecular weight excluding hydrogens is 859 g/mol. The minimum Gasteiger partial charge on any atom is -0.489 e. The van der Waals surface area contributed by atoms with E-state index in [4.69, 9.17) is 53.2 Å². The number of nitrogens with two attached hydrogens (primary N) is 1. The van der Waals surface area contributed by atoms with Crippen LogP contribution < -0.4 is 25.0 Å². The number of amidine groups is 1. The van der Waals surface area contributed by atoms with Crippen LogP contribution in [-0.4, -0.2) is 68.4 Å². The van der Waals surface area contributed by atoms with Gasteiger partial charge >= 0.3 is 5.97 Å². The van der Waals surface area contributed by atoms with Gasteiger partial charge in [0.15, 0.2) is 5.84 Å². The first-order valence-electron chi connectivity index (χ1n) is 21.4. The third-order valence-corrected chi connectivity index (χ3v) is 12.4. The van der Waals surface area contributed by atoms with E-state index in [1.165, 1.54) is 12.1 Å². The lowest BCUT2D eigenvalue weighted by Crippen LogP contribution is -2.37. The van der Waals surface area contributed by atoms with E-state index in [9.17, 15) is 14.4 Å². The van der Waals surface area contributed by atoms with Gasteiger partial charge in [-0.1, -0.05) is 33.5 Å². The summed E-state index contributed by atoms with van der Waals surface area (Å²) in [6, 6.07) is 22.1. The summed E-state index contributed by atoms with van der Waals surface area (Å²) in [5.74, 6) is 2.04. The summed E-state index contributed by atoms with van der Waals surface area (Å²) in [6.45, 7) is 11.6. The van der Waals surface area contributed by atoms with Gasteiger partial charge in [-0.15, -0.1) is 0 Å². The molecule has 2 amide bonds. The van der Waals surface area contributed by atoms with E-state index in [2.05, 4.69) is 15.3 Å². The van der Waals surface area contributed by atoms with Crippen molar-refractivity contribution < 1.29 is 38.7 Å². The number of benzene rings is 4. The quantitative estimate of drug-likeness (QED) is 0.0522. The molecule has 0 spiro atoms. The zero-order chi connectivity index (χ0) is 46.0. The largest absolute Gasteiger partial charge is 0.489 e. The van der Waals surface area contributed by atoms with Gasteiger partial charge in [0.1, 0.15) is 11.5 Å². The van der Waals surface area contributed by atoms with Crippen LogP contribution in [0.1, 0.15) is 93.3 Å². The number of halogens is 2. The Morgan fingerprint density at radius 3 is 1.80 bits per heavy atom. The van der Waals surface area contributed by atoms with Crippen LogP contribution in [0.3, 0.4) is 0 Å². The normalized spacial score (nSPS) is 19.8. The lowest BCUT2D eigenvalue weighted by atomic mass is 10.0. The van der Waals surface area contributed by atoms with E-state index < -0.39 is 5.97 Å². The summed E-state index contributed by atoms with van der Waals surface area (Å²) in [5, 5.41) is 25.4. The standard InChI is InChI=1S/C24H24ClN3O3.C14H17N3O2.C10H11ClO3/c1-13(2)30-21-9-5-15(12-20(21)25)23-26-22(27-31-23)19-8-7-17(10-14(19)3)28-18-6-4-16(11-18)24(28)29;1-8-6-10(4-5-12(8)13(15)16-19)17-11-3-2-9(7-11)14(17)18;1-6(2)14-9-4-3-7(10(12)13)5-8(9)11/h5,7-10,12-13,16,18H,4,6,11H2,1-3H3;4-6,9,11,19H,2-3,7H2,1H3,(H2,15,16);3-6H,1-2H3,(H,12,13)/t16-,18+;9-,11+;/m11./s1. The predicted octanol–water partition coefficient (Wildman–Crippen LogP) is 10.1. The number of hydrogen-bond donors (Lipinski definition) is 3. The van der Waals surface area contributed by atoms with Gasteiger partial charge in [-0.05, 0) is 164 Å². The van der Waals surface area contributed by atoms with E-state index in [0.29, 0.717) is 50.9 Å². The maximum absolute atomic E-state index is 12.6. The number of rotatable bonds is 10. The third-order valence-electron chi connectivity index (χ3n) is 11.8. The van der Waals surface area contributed by atoms with Crippen LogP contribution in [0.15, 0.2) is 82.5 Å². The van der Waals surface area contributed by atoms with Crippen molar-refractivity contribution in [2.45, 2.75) is 104 Å². The minimum absolute atomic E-state index is 0.0168. The first kappa shape index (κ1) is 45.9. The average molecular weight is 912 g/mol. The maximum atomic E-state index is 12.6. The number of oxime groups is 1. The Bertz CT molecular complexity index is 2590. The molecule has 4 fully saturated rings. The van der Waals surface area contributed by atoms with Crippen molar-refractivity contribution in [2.24, 2.45) is 22.7 Å². The first-order valence-corrected chi connectivity index (χ1v) is 22.1. The van der Waals surface area contributed by atoms with Crippen LogP contribution >= 0.6 is 23.2 Å². The number of hydrogen-bond acceptors (Lipinski definition) is 10. The molecule has 9 rings (SSSR count). The molecule has 5 aromatic rings.